The lowest BCUT2D eigenvalue weighted by atomic mass is 9.98. The van der Waals surface area contributed by atoms with Crippen molar-refractivity contribution in [2.45, 2.75) is 65.4 Å². The summed E-state index contributed by atoms with van der Waals surface area (Å²) >= 11 is 0. The highest BCUT2D eigenvalue weighted by Gasteiger charge is 2.14. The van der Waals surface area contributed by atoms with Crippen LogP contribution in [0.5, 0.6) is 0 Å². The Kier molecular flexibility index (Phi) is 8.79. The van der Waals surface area contributed by atoms with E-state index in [1.807, 2.05) is 13.0 Å². The van der Waals surface area contributed by atoms with Crippen LogP contribution in [0.25, 0.3) is 0 Å². The number of rotatable bonds is 8. The molecule has 1 atom stereocenters. The van der Waals surface area contributed by atoms with Gasteiger partial charge in [-0.05, 0) is 52.9 Å². The molecule has 1 heteroatoms. The van der Waals surface area contributed by atoms with Gasteiger partial charge in [-0.25, -0.2) is 0 Å². The fraction of sp³-hybridized carbons (Fsp3) is 0.625. The van der Waals surface area contributed by atoms with Gasteiger partial charge in [-0.3, -0.25) is 0 Å². The minimum absolute atomic E-state index is 0.666. The zero-order valence-electron chi connectivity index (χ0n) is 11.9. The molecule has 0 rings (SSSR count). The molecule has 1 N–H and O–H groups in total. The molecule has 0 spiro atoms. The van der Waals surface area contributed by atoms with E-state index < -0.39 is 5.60 Å². The Bertz CT molecular complexity index is 265. The normalized spacial score (nSPS) is 15.4. The van der Waals surface area contributed by atoms with E-state index in [0.717, 1.165) is 32.1 Å². The van der Waals surface area contributed by atoms with E-state index in [1.54, 1.807) is 0 Å². The molecule has 0 bridgehead atoms. The Hall–Kier alpha value is -0.820. The molecule has 1 nitrogen and oxygen atoms in total. The van der Waals surface area contributed by atoms with Crippen molar-refractivity contribution in [3.63, 3.8) is 0 Å². The van der Waals surface area contributed by atoms with Gasteiger partial charge in [0.2, 0.25) is 0 Å². The summed E-state index contributed by atoms with van der Waals surface area (Å²) in [5, 5.41) is 10.1. The van der Waals surface area contributed by atoms with Crippen molar-refractivity contribution in [1.82, 2.24) is 0 Å². The molecule has 0 radical (unpaired) electrons. The van der Waals surface area contributed by atoms with Crippen LogP contribution in [0.2, 0.25) is 0 Å². The van der Waals surface area contributed by atoms with Gasteiger partial charge in [0.25, 0.3) is 0 Å². The summed E-state index contributed by atoms with van der Waals surface area (Å²) in [4.78, 5) is 0. The summed E-state index contributed by atoms with van der Waals surface area (Å²) < 4.78 is 0. The molecule has 1 unspecified atom stereocenters. The SMILES string of the molecule is CCC=CCCC=CC(C)(O)CCC=C(C)C. The lowest BCUT2D eigenvalue weighted by Gasteiger charge is -2.17. The first-order chi connectivity index (χ1) is 7.98. The average molecular weight is 236 g/mol. The summed E-state index contributed by atoms with van der Waals surface area (Å²) in [5.41, 5.74) is 0.648. The number of aliphatic hydroxyl groups is 1. The maximum atomic E-state index is 10.1. The Labute approximate surface area is 107 Å². The van der Waals surface area contributed by atoms with Crippen LogP contribution in [0, 0.1) is 0 Å². The summed E-state index contributed by atoms with van der Waals surface area (Å²) in [6.45, 7) is 8.19. The molecule has 0 heterocycles. The predicted octanol–water partition coefficient (Wildman–Crippen LogP) is 4.79. The van der Waals surface area contributed by atoms with Gasteiger partial charge < -0.3 is 5.11 Å². The molecular formula is C16H28O. The summed E-state index contributed by atoms with van der Waals surface area (Å²) in [6.07, 6.45) is 15.5. The molecule has 0 amide bonds. The molecule has 0 aliphatic carbocycles. The molecule has 0 aromatic heterocycles. The molecule has 0 aliphatic rings. The van der Waals surface area contributed by atoms with Crippen LogP contribution in [0.3, 0.4) is 0 Å². The number of allylic oxidation sites excluding steroid dienone is 5. The Morgan fingerprint density at radius 1 is 1.06 bits per heavy atom. The minimum atomic E-state index is -0.666. The van der Waals surface area contributed by atoms with E-state index in [9.17, 15) is 5.11 Å². The monoisotopic (exact) mass is 236 g/mol. The van der Waals surface area contributed by atoms with Crippen molar-refractivity contribution in [3.05, 3.63) is 36.0 Å². The molecule has 0 saturated carbocycles. The van der Waals surface area contributed by atoms with E-state index >= 15 is 0 Å². The maximum Gasteiger partial charge on any atom is 0.0802 e. The molecule has 0 fully saturated rings. The molecule has 17 heavy (non-hydrogen) atoms. The zero-order valence-corrected chi connectivity index (χ0v) is 11.9. The number of hydrogen-bond acceptors (Lipinski definition) is 1. The number of unbranched alkanes of at least 4 members (excludes halogenated alkanes) is 1. The van der Waals surface area contributed by atoms with Gasteiger partial charge in [0.1, 0.15) is 0 Å². The van der Waals surface area contributed by atoms with Crippen molar-refractivity contribution in [2.24, 2.45) is 0 Å². The first-order valence-electron chi connectivity index (χ1n) is 6.66. The highest BCUT2D eigenvalue weighted by atomic mass is 16.3. The summed E-state index contributed by atoms with van der Waals surface area (Å²) in [6, 6.07) is 0. The van der Waals surface area contributed by atoms with Gasteiger partial charge >= 0.3 is 0 Å². The molecule has 0 aromatic carbocycles. The van der Waals surface area contributed by atoms with Crippen LogP contribution >= 0.6 is 0 Å². The Morgan fingerprint density at radius 2 is 1.71 bits per heavy atom. The lowest BCUT2D eigenvalue weighted by molar-refractivity contribution is 0.103. The van der Waals surface area contributed by atoms with Gasteiger partial charge in [-0.15, -0.1) is 0 Å². The van der Waals surface area contributed by atoms with Gasteiger partial charge in [-0.1, -0.05) is 42.9 Å². The van der Waals surface area contributed by atoms with Crippen LogP contribution in [0.1, 0.15) is 59.8 Å². The molecular weight excluding hydrogens is 208 g/mol. The second-order valence-electron chi connectivity index (χ2n) is 5.04. The van der Waals surface area contributed by atoms with E-state index in [-0.39, 0.29) is 0 Å². The second-order valence-corrected chi connectivity index (χ2v) is 5.04. The van der Waals surface area contributed by atoms with Crippen LogP contribution in [-0.2, 0) is 0 Å². The van der Waals surface area contributed by atoms with E-state index in [4.69, 9.17) is 0 Å². The average Bonchev–Trinajstić information content (AvgIpc) is 2.22. The van der Waals surface area contributed by atoms with Crippen LogP contribution in [-0.4, -0.2) is 10.7 Å². The predicted molar refractivity (Wildman–Crippen MR) is 77.1 cm³/mol. The maximum absolute atomic E-state index is 10.1. The van der Waals surface area contributed by atoms with Crippen LogP contribution < -0.4 is 0 Å². The fourth-order valence-corrected chi connectivity index (χ4v) is 1.55. The first-order valence-corrected chi connectivity index (χ1v) is 6.66. The van der Waals surface area contributed by atoms with Crippen LogP contribution in [0.4, 0.5) is 0 Å². The topological polar surface area (TPSA) is 20.2 Å². The van der Waals surface area contributed by atoms with E-state index in [2.05, 4.69) is 45.1 Å². The second kappa shape index (κ2) is 9.23. The Morgan fingerprint density at radius 3 is 2.29 bits per heavy atom. The van der Waals surface area contributed by atoms with E-state index in [0.29, 0.717) is 0 Å². The van der Waals surface area contributed by atoms with Crippen molar-refractivity contribution in [1.29, 1.82) is 0 Å². The molecule has 0 aromatic rings. The first kappa shape index (κ1) is 16.2. The summed E-state index contributed by atoms with van der Waals surface area (Å²) in [7, 11) is 0. The smallest absolute Gasteiger partial charge is 0.0802 e. The Balaban J connectivity index is 3.86. The summed E-state index contributed by atoms with van der Waals surface area (Å²) in [5.74, 6) is 0. The zero-order chi connectivity index (χ0) is 13.1. The van der Waals surface area contributed by atoms with Gasteiger partial charge in [0.05, 0.1) is 5.60 Å². The highest BCUT2D eigenvalue weighted by molar-refractivity contribution is 5.01. The largest absolute Gasteiger partial charge is 0.386 e. The fourth-order valence-electron chi connectivity index (χ4n) is 1.55. The van der Waals surface area contributed by atoms with Crippen LogP contribution in [0.15, 0.2) is 36.0 Å². The number of hydrogen-bond donors (Lipinski definition) is 1. The van der Waals surface area contributed by atoms with Crippen molar-refractivity contribution >= 4 is 0 Å². The molecule has 0 saturated heterocycles. The van der Waals surface area contributed by atoms with Gasteiger partial charge in [0.15, 0.2) is 0 Å². The van der Waals surface area contributed by atoms with Crippen molar-refractivity contribution in [3.8, 4) is 0 Å². The molecule has 98 valence electrons. The van der Waals surface area contributed by atoms with Crippen molar-refractivity contribution < 1.29 is 5.11 Å². The quantitative estimate of drug-likeness (QED) is 0.474. The van der Waals surface area contributed by atoms with Crippen molar-refractivity contribution in [2.75, 3.05) is 0 Å². The third kappa shape index (κ3) is 11.4. The third-order valence-corrected chi connectivity index (χ3v) is 2.58. The lowest BCUT2D eigenvalue weighted by Crippen LogP contribution is -2.19. The van der Waals surface area contributed by atoms with E-state index in [1.165, 1.54) is 5.57 Å². The highest BCUT2D eigenvalue weighted by Crippen LogP contribution is 2.15. The third-order valence-electron chi connectivity index (χ3n) is 2.58. The molecule has 0 aliphatic heterocycles. The minimum Gasteiger partial charge on any atom is -0.386 e. The van der Waals surface area contributed by atoms with Gasteiger partial charge in [-0.2, -0.15) is 0 Å². The standard InChI is InChI=1S/C16H28O/c1-5-6-7-8-9-10-13-16(4,17)14-11-12-15(2)3/h6-7,10,12-13,17H,5,8-9,11,14H2,1-4H3. The van der Waals surface area contributed by atoms with Gasteiger partial charge in [0, 0.05) is 0 Å².